The molecule has 2 aliphatic rings. The minimum absolute atomic E-state index is 0.0797. The largest absolute Gasteiger partial charge is 0.361 e. The number of pyridine rings is 1. The Hall–Kier alpha value is -1.75. The molecule has 114 valence electrons. The third-order valence-electron chi connectivity index (χ3n) is 4.50. The maximum absolute atomic E-state index is 5.01. The molecule has 2 aromatic rings. The van der Waals surface area contributed by atoms with E-state index in [0.29, 0.717) is 6.04 Å². The molecule has 22 heavy (non-hydrogen) atoms. The van der Waals surface area contributed by atoms with E-state index in [2.05, 4.69) is 46.9 Å². The van der Waals surface area contributed by atoms with Gasteiger partial charge in [0.1, 0.15) is 6.04 Å². The molecular weight excluding hydrogens is 292 g/mol. The van der Waals surface area contributed by atoms with Gasteiger partial charge in [0.15, 0.2) is 5.17 Å². The lowest BCUT2D eigenvalue weighted by molar-refractivity contribution is 0.251. The number of hydrogen-bond donors (Lipinski definition) is 1. The highest BCUT2D eigenvalue weighted by Crippen LogP contribution is 2.48. The van der Waals surface area contributed by atoms with Crippen LogP contribution in [-0.2, 0) is 0 Å². The number of rotatable bonds is 3. The molecule has 0 radical (unpaired) electrons. The zero-order valence-electron chi connectivity index (χ0n) is 12.9. The van der Waals surface area contributed by atoms with Gasteiger partial charge in [0.2, 0.25) is 0 Å². The third kappa shape index (κ3) is 2.15. The summed E-state index contributed by atoms with van der Waals surface area (Å²) >= 11 is 1.88. The first-order valence-corrected chi connectivity index (χ1v) is 8.82. The fourth-order valence-electron chi connectivity index (χ4n) is 3.39. The Morgan fingerprint density at radius 3 is 2.91 bits per heavy atom. The molecule has 2 aromatic heterocycles. The maximum Gasteiger partial charge on any atom is 0.160 e. The molecule has 1 saturated heterocycles. The predicted octanol–water partition coefficient (Wildman–Crippen LogP) is 3.70. The summed E-state index contributed by atoms with van der Waals surface area (Å²) in [5.74, 6) is 1.14. The Balaban J connectivity index is 1.78. The summed E-state index contributed by atoms with van der Waals surface area (Å²) in [6, 6.07) is 11.3. The van der Waals surface area contributed by atoms with Crippen molar-refractivity contribution < 1.29 is 0 Å². The van der Waals surface area contributed by atoms with Crippen LogP contribution in [0.25, 0.3) is 0 Å². The Kier molecular flexibility index (Phi) is 3.45. The monoisotopic (exact) mass is 312 g/mol. The molecule has 0 aromatic carbocycles. The number of aliphatic imine (C=N–C) groups is 1. The number of nitrogens with one attached hydrogen (secondary N) is 1. The topological polar surface area (TPSA) is 44.3 Å². The van der Waals surface area contributed by atoms with Gasteiger partial charge in [0.05, 0.1) is 11.7 Å². The van der Waals surface area contributed by atoms with Gasteiger partial charge in [-0.15, -0.1) is 0 Å². The highest BCUT2D eigenvalue weighted by Gasteiger charge is 2.45. The molecule has 0 aliphatic carbocycles. The first-order chi connectivity index (χ1) is 10.8. The number of aromatic amines is 1. The van der Waals surface area contributed by atoms with Crippen LogP contribution in [0.5, 0.6) is 0 Å². The van der Waals surface area contributed by atoms with E-state index in [-0.39, 0.29) is 12.1 Å². The molecule has 0 amide bonds. The van der Waals surface area contributed by atoms with E-state index < -0.39 is 0 Å². The van der Waals surface area contributed by atoms with Crippen molar-refractivity contribution in [1.82, 2.24) is 14.9 Å². The number of aryl methyl sites for hydroxylation is 1. The van der Waals surface area contributed by atoms with Crippen LogP contribution in [-0.4, -0.2) is 31.8 Å². The number of hydrogen-bond acceptors (Lipinski definition) is 4. The van der Waals surface area contributed by atoms with E-state index >= 15 is 0 Å². The number of nitrogens with zero attached hydrogens (tertiary/aromatic N) is 3. The predicted molar refractivity (Wildman–Crippen MR) is 91.1 cm³/mol. The third-order valence-corrected chi connectivity index (χ3v) is 5.63. The van der Waals surface area contributed by atoms with E-state index in [1.807, 2.05) is 30.1 Å². The summed E-state index contributed by atoms with van der Waals surface area (Å²) in [4.78, 5) is 15.6. The highest BCUT2D eigenvalue weighted by atomic mass is 32.2. The van der Waals surface area contributed by atoms with E-state index in [1.54, 1.807) is 0 Å². The SMILES string of the molecule is CC[C@@H]1CSC2=N[C@@H](c3ccccn3)[C@@H](c3ccc(C)[nH]3)N21. The van der Waals surface area contributed by atoms with Crippen LogP contribution >= 0.6 is 11.8 Å². The number of thioether (sulfide) groups is 1. The van der Waals surface area contributed by atoms with Crippen molar-refractivity contribution in [3.8, 4) is 0 Å². The van der Waals surface area contributed by atoms with Crippen LogP contribution in [0.2, 0.25) is 0 Å². The number of H-pyrrole nitrogens is 1. The Morgan fingerprint density at radius 1 is 1.32 bits per heavy atom. The Morgan fingerprint density at radius 2 is 2.23 bits per heavy atom. The molecule has 3 atom stereocenters. The van der Waals surface area contributed by atoms with Gasteiger partial charge in [-0.2, -0.15) is 0 Å². The van der Waals surface area contributed by atoms with Crippen molar-refractivity contribution in [3.05, 3.63) is 53.6 Å². The van der Waals surface area contributed by atoms with E-state index in [1.165, 1.54) is 16.6 Å². The van der Waals surface area contributed by atoms with Gasteiger partial charge in [0.25, 0.3) is 0 Å². The van der Waals surface area contributed by atoms with Crippen molar-refractivity contribution in [2.75, 3.05) is 5.75 Å². The molecule has 0 unspecified atom stereocenters. The van der Waals surface area contributed by atoms with Crippen LogP contribution in [0.15, 0.2) is 41.5 Å². The van der Waals surface area contributed by atoms with Gasteiger partial charge in [-0.1, -0.05) is 24.8 Å². The van der Waals surface area contributed by atoms with Crippen LogP contribution < -0.4 is 0 Å². The second-order valence-corrected chi connectivity index (χ2v) is 6.92. The number of aromatic nitrogens is 2. The molecule has 4 heterocycles. The van der Waals surface area contributed by atoms with Gasteiger partial charge in [-0.25, -0.2) is 0 Å². The second kappa shape index (κ2) is 5.47. The van der Waals surface area contributed by atoms with Crippen molar-refractivity contribution in [2.24, 2.45) is 4.99 Å². The van der Waals surface area contributed by atoms with Crippen molar-refractivity contribution in [1.29, 1.82) is 0 Å². The van der Waals surface area contributed by atoms with E-state index in [9.17, 15) is 0 Å². The van der Waals surface area contributed by atoms with Crippen LogP contribution in [0.3, 0.4) is 0 Å². The van der Waals surface area contributed by atoms with Crippen molar-refractivity contribution in [2.45, 2.75) is 38.4 Å². The van der Waals surface area contributed by atoms with Gasteiger partial charge < -0.3 is 9.88 Å². The lowest BCUT2D eigenvalue weighted by atomic mass is 10.00. The zero-order chi connectivity index (χ0) is 15.1. The van der Waals surface area contributed by atoms with E-state index in [4.69, 9.17) is 4.99 Å². The molecule has 4 rings (SSSR count). The summed E-state index contributed by atoms with van der Waals surface area (Å²) in [5, 5.41) is 1.18. The molecule has 0 saturated carbocycles. The minimum Gasteiger partial charge on any atom is -0.361 e. The highest BCUT2D eigenvalue weighted by molar-refractivity contribution is 8.14. The molecule has 0 bridgehead atoms. The quantitative estimate of drug-likeness (QED) is 0.940. The van der Waals surface area contributed by atoms with Gasteiger partial charge in [0, 0.05) is 29.4 Å². The molecule has 5 heteroatoms. The number of fused-ring (bicyclic) bond motifs is 1. The smallest absolute Gasteiger partial charge is 0.160 e. The molecule has 1 fully saturated rings. The standard InChI is InChI=1S/C17H20N4S/c1-3-12-10-22-17-20-15(13-6-4-5-9-18-13)16(21(12)17)14-8-7-11(2)19-14/h4-9,12,15-16,19H,3,10H2,1-2H3/t12-,15+,16-/m1/s1. The average Bonchev–Trinajstić information content (AvgIpc) is 3.22. The van der Waals surface area contributed by atoms with Gasteiger partial charge >= 0.3 is 0 Å². The normalized spacial score (nSPS) is 27.1. The fourth-order valence-corrected chi connectivity index (χ4v) is 4.72. The zero-order valence-corrected chi connectivity index (χ0v) is 13.7. The first-order valence-electron chi connectivity index (χ1n) is 7.83. The van der Waals surface area contributed by atoms with E-state index in [0.717, 1.165) is 17.9 Å². The van der Waals surface area contributed by atoms with Crippen LogP contribution in [0, 0.1) is 6.92 Å². The lowest BCUT2D eigenvalue weighted by Crippen LogP contribution is -2.35. The Labute approximate surface area is 135 Å². The van der Waals surface area contributed by atoms with Gasteiger partial charge in [-0.05, 0) is 37.6 Å². The maximum atomic E-state index is 5.01. The fraction of sp³-hybridized carbons (Fsp3) is 0.412. The van der Waals surface area contributed by atoms with Crippen molar-refractivity contribution in [3.63, 3.8) is 0 Å². The molecule has 0 spiro atoms. The van der Waals surface area contributed by atoms with Crippen LogP contribution in [0.1, 0.15) is 42.5 Å². The summed E-state index contributed by atoms with van der Waals surface area (Å²) in [7, 11) is 0. The first kappa shape index (κ1) is 13.9. The average molecular weight is 312 g/mol. The summed E-state index contributed by atoms with van der Waals surface area (Å²) in [5.41, 5.74) is 3.49. The second-order valence-electron chi connectivity index (χ2n) is 5.93. The summed E-state index contributed by atoms with van der Waals surface area (Å²) in [6.07, 6.45) is 3.01. The molecule has 4 nitrogen and oxygen atoms in total. The molecular formula is C17H20N4S. The summed E-state index contributed by atoms with van der Waals surface area (Å²) in [6.45, 7) is 4.37. The Bertz CT molecular complexity index is 694. The molecule has 2 aliphatic heterocycles. The van der Waals surface area contributed by atoms with Gasteiger partial charge in [-0.3, -0.25) is 9.98 Å². The van der Waals surface area contributed by atoms with Crippen LogP contribution in [0.4, 0.5) is 0 Å². The molecule has 1 N–H and O–H groups in total. The lowest BCUT2D eigenvalue weighted by Gasteiger charge is -2.30. The minimum atomic E-state index is 0.0797. The number of amidine groups is 1. The summed E-state index contributed by atoms with van der Waals surface area (Å²) < 4.78 is 0. The van der Waals surface area contributed by atoms with Crippen molar-refractivity contribution >= 4 is 16.9 Å².